The van der Waals surface area contributed by atoms with Gasteiger partial charge in [-0.15, -0.1) is 0 Å². The fourth-order valence-corrected chi connectivity index (χ4v) is 4.22. The first-order chi connectivity index (χ1) is 13.6. The van der Waals surface area contributed by atoms with E-state index < -0.39 is 11.9 Å². The van der Waals surface area contributed by atoms with Crippen molar-refractivity contribution < 1.29 is 27.5 Å². The van der Waals surface area contributed by atoms with Gasteiger partial charge in [0.05, 0.1) is 5.60 Å². The van der Waals surface area contributed by atoms with Gasteiger partial charge in [0.2, 0.25) is 11.8 Å². The SMILES string of the molecule is CNC(=O)CC1CCOC2(CCN(C(=O)Cn3nc(C(F)(F)F)cc3C)CC2)C1. The van der Waals surface area contributed by atoms with Crippen LogP contribution >= 0.6 is 0 Å². The predicted octanol–water partition coefficient (Wildman–Crippen LogP) is 2.13. The van der Waals surface area contributed by atoms with Crippen LogP contribution in [0.4, 0.5) is 13.2 Å². The van der Waals surface area contributed by atoms with Gasteiger partial charge in [-0.05, 0) is 44.6 Å². The molecule has 0 aliphatic carbocycles. The van der Waals surface area contributed by atoms with Crippen LogP contribution in [0.5, 0.6) is 0 Å². The van der Waals surface area contributed by atoms with Crippen LogP contribution in [0.2, 0.25) is 0 Å². The molecule has 1 aromatic rings. The molecular formula is C19H27F3N4O3. The lowest BCUT2D eigenvalue weighted by molar-refractivity contribution is -0.149. The number of alkyl halides is 3. The Morgan fingerprint density at radius 1 is 1.34 bits per heavy atom. The largest absolute Gasteiger partial charge is 0.435 e. The molecule has 2 aliphatic heterocycles. The number of piperidine rings is 1. The molecule has 10 heteroatoms. The molecule has 2 aliphatic rings. The first-order valence-electron chi connectivity index (χ1n) is 9.86. The van der Waals surface area contributed by atoms with Crippen molar-refractivity contribution in [3.05, 3.63) is 17.5 Å². The van der Waals surface area contributed by atoms with E-state index in [4.69, 9.17) is 4.74 Å². The highest BCUT2D eigenvalue weighted by Crippen LogP contribution is 2.38. The molecule has 162 valence electrons. The molecule has 1 atom stereocenters. The van der Waals surface area contributed by atoms with E-state index in [-0.39, 0.29) is 29.9 Å². The maximum atomic E-state index is 12.8. The molecule has 2 saturated heterocycles. The van der Waals surface area contributed by atoms with Crippen LogP contribution in [0.1, 0.15) is 43.5 Å². The average molecular weight is 416 g/mol. The first-order valence-corrected chi connectivity index (χ1v) is 9.86. The van der Waals surface area contributed by atoms with Crippen molar-refractivity contribution in [3.63, 3.8) is 0 Å². The summed E-state index contributed by atoms with van der Waals surface area (Å²) in [7, 11) is 1.63. The number of likely N-dealkylation sites (tertiary alicyclic amines) is 1. The first kappa shape index (κ1) is 21.6. The van der Waals surface area contributed by atoms with E-state index in [1.54, 1.807) is 11.9 Å². The summed E-state index contributed by atoms with van der Waals surface area (Å²) in [5, 5.41) is 6.18. The van der Waals surface area contributed by atoms with Gasteiger partial charge < -0.3 is 15.0 Å². The summed E-state index contributed by atoms with van der Waals surface area (Å²) in [6.45, 7) is 2.86. The smallest absolute Gasteiger partial charge is 0.375 e. The summed E-state index contributed by atoms with van der Waals surface area (Å²) in [4.78, 5) is 25.9. The van der Waals surface area contributed by atoms with E-state index >= 15 is 0 Å². The number of rotatable bonds is 4. The second kappa shape index (κ2) is 8.33. The van der Waals surface area contributed by atoms with Crippen molar-refractivity contribution in [1.82, 2.24) is 20.0 Å². The molecular weight excluding hydrogens is 389 g/mol. The van der Waals surface area contributed by atoms with Crippen LogP contribution in [0, 0.1) is 12.8 Å². The van der Waals surface area contributed by atoms with Crippen LogP contribution in [-0.2, 0) is 27.0 Å². The minimum atomic E-state index is -4.53. The van der Waals surface area contributed by atoms with Crippen LogP contribution in [-0.4, -0.2) is 58.8 Å². The molecule has 7 nitrogen and oxygen atoms in total. The average Bonchev–Trinajstić information content (AvgIpc) is 3.03. The summed E-state index contributed by atoms with van der Waals surface area (Å²) in [6, 6.07) is 0.945. The fourth-order valence-electron chi connectivity index (χ4n) is 4.22. The van der Waals surface area contributed by atoms with E-state index in [2.05, 4.69) is 10.4 Å². The fraction of sp³-hybridized carbons (Fsp3) is 0.737. The summed E-state index contributed by atoms with van der Waals surface area (Å²) < 4.78 is 45.5. The van der Waals surface area contributed by atoms with Crippen LogP contribution in [0.3, 0.4) is 0 Å². The van der Waals surface area contributed by atoms with Gasteiger partial charge in [0.1, 0.15) is 6.54 Å². The number of hydrogen-bond acceptors (Lipinski definition) is 4. The predicted molar refractivity (Wildman–Crippen MR) is 97.9 cm³/mol. The number of ether oxygens (including phenoxy) is 1. The van der Waals surface area contributed by atoms with Crippen LogP contribution < -0.4 is 5.32 Å². The zero-order valence-electron chi connectivity index (χ0n) is 16.7. The zero-order valence-corrected chi connectivity index (χ0v) is 16.7. The van der Waals surface area contributed by atoms with Crippen LogP contribution in [0.15, 0.2) is 6.07 Å². The number of halogens is 3. The number of nitrogens with one attached hydrogen (secondary N) is 1. The molecule has 1 N–H and O–H groups in total. The summed E-state index contributed by atoms with van der Waals surface area (Å²) in [5.41, 5.74) is -1.01. The minimum Gasteiger partial charge on any atom is -0.375 e. The lowest BCUT2D eigenvalue weighted by Gasteiger charge is -2.46. The van der Waals surface area contributed by atoms with E-state index in [0.29, 0.717) is 44.7 Å². The molecule has 0 aromatic carbocycles. The van der Waals surface area contributed by atoms with Gasteiger partial charge in [-0.2, -0.15) is 18.3 Å². The van der Waals surface area contributed by atoms with Gasteiger partial charge in [0.25, 0.3) is 0 Å². The number of amides is 2. The van der Waals surface area contributed by atoms with E-state index in [9.17, 15) is 22.8 Å². The van der Waals surface area contributed by atoms with E-state index in [0.717, 1.165) is 23.6 Å². The molecule has 0 saturated carbocycles. The molecule has 1 unspecified atom stereocenters. The molecule has 2 fully saturated rings. The highest BCUT2D eigenvalue weighted by Gasteiger charge is 2.41. The van der Waals surface area contributed by atoms with Crippen molar-refractivity contribution in [3.8, 4) is 0 Å². The Hall–Kier alpha value is -2.10. The number of carbonyl (C=O) groups is 2. The maximum absolute atomic E-state index is 12.8. The van der Waals surface area contributed by atoms with Gasteiger partial charge in [0, 0.05) is 38.9 Å². The van der Waals surface area contributed by atoms with Crippen molar-refractivity contribution in [2.75, 3.05) is 26.7 Å². The molecule has 29 heavy (non-hydrogen) atoms. The topological polar surface area (TPSA) is 76.5 Å². The number of nitrogens with zero attached hydrogens (tertiary/aromatic N) is 3. The maximum Gasteiger partial charge on any atom is 0.435 e. The van der Waals surface area contributed by atoms with Gasteiger partial charge in [0.15, 0.2) is 5.69 Å². The Bertz CT molecular complexity index is 754. The van der Waals surface area contributed by atoms with Crippen molar-refractivity contribution in [2.45, 2.75) is 57.3 Å². The standard InChI is InChI=1S/C19H27F3N4O3/c1-13-9-15(19(20,21)22)24-26(13)12-17(28)25-6-4-18(5-7-25)11-14(3-8-29-18)10-16(27)23-2/h9,14H,3-8,10-12H2,1-2H3,(H,23,27). The third-order valence-corrected chi connectivity index (χ3v) is 5.93. The Labute approximate surface area is 167 Å². The third-order valence-electron chi connectivity index (χ3n) is 5.93. The van der Waals surface area contributed by atoms with Crippen molar-refractivity contribution in [1.29, 1.82) is 0 Å². The third kappa shape index (κ3) is 5.09. The Kier molecular flexibility index (Phi) is 6.21. The number of hydrogen-bond donors (Lipinski definition) is 1. The number of aryl methyl sites for hydroxylation is 1. The van der Waals surface area contributed by atoms with Gasteiger partial charge in [-0.3, -0.25) is 14.3 Å². The molecule has 3 rings (SSSR count). The summed E-state index contributed by atoms with van der Waals surface area (Å²) >= 11 is 0. The Morgan fingerprint density at radius 3 is 2.62 bits per heavy atom. The second-order valence-electron chi connectivity index (χ2n) is 7.97. The monoisotopic (exact) mass is 416 g/mol. The molecule has 0 bridgehead atoms. The number of aromatic nitrogens is 2. The highest BCUT2D eigenvalue weighted by atomic mass is 19.4. The molecule has 2 amide bonds. The highest BCUT2D eigenvalue weighted by molar-refractivity contribution is 5.76. The molecule has 3 heterocycles. The lowest BCUT2D eigenvalue weighted by Crippen LogP contribution is -2.51. The Morgan fingerprint density at radius 2 is 2.03 bits per heavy atom. The van der Waals surface area contributed by atoms with Crippen LogP contribution in [0.25, 0.3) is 0 Å². The molecule has 1 aromatic heterocycles. The van der Waals surface area contributed by atoms with E-state index in [1.807, 2.05) is 0 Å². The van der Waals surface area contributed by atoms with Gasteiger partial charge >= 0.3 is 6.18 Å². The second-order valence-corrected chi connectivity index (χ2v) is 7.97. The zero-order chi connectivity index (χ0) is 21.2. The van der Waals surface area contributed by atoms with Crippen molar-refractivity contribution >= 4 is 11.8 Å². The minimum absolute atomic E-state index is 0.0208. The van der Waals surface area contributed by atoms with E-state index in [1.165, 1.54) is 6.92 Å². The summed E-state index contributed by atoms with van der Waals surface area (Å²) in [6.07, 6.45) is -1.10. The van der Waals surface area contributed by atoms with Gasteiger partial charge in [-0.1, -0.05) is 0 Å². The normalized spacial score (nSPS) is 22.0. The van der Waals surface area contributed by atoms with Gasteiger partial charge in [-0.25, -0.2) is 0 Å². The lowest BCUT2D eigenvalue weighted by atomic mass is 9.78. The molecule has 0 radical (unpaired) electrons. The van der Waals surface area contributed by atoms with Crippen molar-refractivity contribution in [2.24, 2.45) is 5.92 Å². The molecule has 1 spiro atoms. The number of carbonyl (C=O) groups excluding carboxylic acids is 2. The Balaban J connectivity index is 1.56. The summed E-state index contributed by atoms with van der Waals surface area (Å²) in [5.74, 6) is 0.0310. The quantitative estimate of drug-likeness (QED) is 0.816.